The summed E-state index contributed by atoms with van der Waals surface area (Å²) in [6.07, 6.45) is 0. The molecule has 1 heterocycles. The van der Waals surface area contributed by atoms with Crippen molar-refractivity contribution in [2.24, 2.45) is 0 Å². The van der Waals surface area contributed by atoms with Crippen molar-refractivity contribution in [1.82, 2.24) is 10.2 Å². The number of aromatic nitrogens is 2. The number of hydrogen-bond donors (Lipinski definition) is 1. The van der Waals surface area contributed by atoms with E-state index in [-0.39, 0.29) is 17.1 Å². The number of rotatable bonds is 6. The lowest BCUT2D eigenvalue weighted by Crippen LogP contribution is -2.02. The fraction of sp³-hybridized carbons (Fsp3) is 0.0357. The zero-order chi connectivity index (χ0) is 23.5. The van der Waals surface area contributed by atoms with E-state index in [1.165, 1.54) is 19.2 Å². The molecule has 0 fully saturated rings. The van der Waals surface area contributed by atoms with Crippen molar-refractivity contribution in [2.45, 2.75) is 0 Å². The smallest absolute Gasteiger partial charge is 0.248 e. The summed E-state index contributed by atoms with van der Waals surface area (Å²) in [5.41, 5.74) is 4.21. The SMILES string of the molecule is COc1ccc(C(=O)c2cccc(-c3nnc(-c4ccc(-c5ccccc5)cc4)o3)c2)c(O)c1. The van der Waals surface area contributed by atoms with E-state index in [0.717, 1.165) is 16.7 Å². The van der Waals surface area contributed by atoms with E-state index in [4.69, 9.17) is 9.15 Å². The highest BCUT2D eigenvalue weighted by atomic mass is 16.5. The molecule has 0 radical (unpaired) electrons. The average molecular weight is 448 g/mol. The van der Waals surface area contributed by atoms with E-state index in [1.807, 2.05) is 42.5 Å². The lowest BCUT2D eigenvalue weighted by atomic mass is 10.0. The van der Waals surface area contributed by atoms with Crippen LogP contribution in [0.4, 0.5) is 0 Å². The van der Waals surface area contributed by atoms with Gasteiger partial charge in [0.15, 0.2) is 5.78 Å². The highest BCUT2D eigenvalue weighted by Crippen LogP contribution is 2.29. The number of aromatic hydroxyl groups is 1. The Bertz CT molecular complexity index is 1460. The summed E-state index contributed by atoms with van der Waals surface area (Å²) in [7, 11) is 1.50. The molecule has 0 atom stereocenters. The molecule has 1 N–H and O–H groups in total. The van der Waals surface area contributed by atoms with Gasteiger partial charge in [0.2, 0.25) is 11.8 Å². The van der Waals surface area contributed by atoms with Gasteiger partial charge in [0, 0.05) is 22.8 Å². The molecule has 0 amide bonds. The van der Waals surface area contributed by atoms with Crippen molar-refractivity contribution in [3.8, 4) is 45.5 Å². The van der Waals surface area contributed by atoms with E-state index in [1.54, 1.807) is 30.3 Å². The van der Waals surface area contributed by atoms with Crippen LogP contribution in [0, 0.1) is 0 Å². The number of carbonyl (C=O) groups excluding carboxylic acids is 1. The number of phenols is 1. The summed E-state index contributed by atoms with van der Waals surface area (Å²) < 4.78 is 11.0. The molecule has 6 heteroatoms. The van der Waals surface area contributed by atoms with E-state index < -0.39 is 0 Å². The predicted octanol–water partition coefficient (Wildman–Crippen LogP) is 6.02. The maximum absolute atomic E-state index is 13.0. The van der Waals surface area contributed by atoms with Crippen LogP contribution in [0.1, 0.15) is 15.9 Å². The third-order valence-electron chi connectivity index (χ3n) is 5.49. The Morgan fingerprint density at radius 3 is 2.09 bits per heavy atom. The average Bonchev–Trinajstić information content (AvgIpc) is 3.39. The van der Waals surface area contributed by atoms with Gasteiger partial charge in [0.05, 0.1) is 12.7 Å². The molecular formula is C28H20N2O4. The fourth-order valence-electron chi connectivity index (χ4n) is 3.67. The van der Waals surface area contributed by atoms with Gasteiger partial charge in [-0.25, -0.2) is 0 Å². The number of hydrogen-bond acceptors (Lipinski definition) is 6. The largest absolute Gasteiger partial charge is 0.507 e. The highest BCUT2D eigenvalue weighted by molar-refractivity contribution is 6.11. The van der Waals surface area contributed by atoms with E-state index in [9.17, 15) is 9.90 Å². The first-order chi connectivity index (χ1) is 16.6. The number of benzene rings is 4. The normalized spacial score (nSPS) is 10.7. The summed E-state index contributed by atoms with van der Waals surface area (Å²) in [6, 6.07) is 29.4. The molecule has 0 unspecified atom stereocenters. The van der Waals surface area contributed by atoms with Crippen LogP contribution >= 0.6 is 0 Å². The third-order valence-corrected chi connectivity index (χ3v) is 5.49. The predicted molar refractivity (Wildman–Crippen MR) is 129 cm³/mol. The lowest BCUT2D eigenvalue weighted by molar-refractivity contribution is 0.103. The van der Waals surface area contributed by atoms with Crippen molar-refractivity contribution >= 4 is 5.78 Å². The number of methoxy groups -OCH3 is 1. The molecule has 0 aliphatic rings. The Morgan fingerprint density at radius 1 is 0.735 bits per heavy atom. The Morgan fingerprint density at radius 2 is 1.38 bits per heavy atom. The standard InChI is InChI=1S/C28H20N2O4/c1-33-23-14-15-24(25(31)17-23)26(32)21-8-5-9-22(16-21)28-30-29-27(34-28)20-12-10-19(11-13-20)18-6-3-2-4-7-18/h2-17,31H,1H3. The van der Waals surface area contributed by atoms with Gasteiger partial charge < -0.3 is 14.3 Å². The highest BCUT2D eigenvalue weighted by Gasteiger charge is 2.17. The second kappa shape index (κ2) is 9.03. The Labute approximate surface area is 196 Å². The van der Waals surface area contributed by atoms with Crippen LogP contribution in [0.3, 0.4) is 0 Å². The van der Waals surface area contributed by atoms with Crippen LogP contribution in [0.25, 0.3) is 34.0 Å². The quantitative estimate of drug-likeness (QED) is 0.320. The van der Waals surface area contributed by atoms with Gasteiger partial charge in [-0.2, -0.15) is 0 Å². The molecule has 0 aliphatic carbocycles. The zero-order valence-corrected chi connectivity index (χ0v) is 18.3. The Kier molecular flexibility index (Phi) is 5.62. The molecular weight excluding hydrogens is 428 g/mol. The minimum absolute atomic E-state index is 0.145. The topological polar surface area (TPSA) is 85.5 Å². The molecule has 166 valence electrons. The van der Waals surface area contributed by atoms with Gasteiger partial charge in [-0.15, -0.1) is 10.2 Å². The van der Waals surface area contributed by atoms with E-state index >= 15 is 0 Å². The maximum Gasteiger partial charge on any atom is 0.248 e. The van der Waals surface area contributed by atoms with Gasteiger partial charge in [-0.1, -0.05) is 54.6 Å². The zero-order valence-electron chi connectivity index (χ0n) is 18.3. The summed E-state index contributed by atoms with van der Waals surface area (Å²) in [4.78, 5) is 13.0. The summed E-state index contributed by atoms with van der Waals surface area (Å²) in [5, 5.41) is 18.6. The molecule has 4 aromatic carbocycles. The molecule has 0 saturated heterocycles. The first-order valence-corrected chi connectivity index (χ1v) is 10.6. The van der Waals surface area contributed by atoms with Crippen LogP contribution in [0.15, 0.2) is 101 Å². The Balaban J connectivity index is 1.39. The molecule has 0 spiro atoms. The van der Waals surface area contributed by atoms with Gasteiger partial charge in [-0.05, 0) is 47.5 Å². The number of nitrogens with zero attached hydrogens (tertiary/aromatic N) is 2. The van der Waals surface area contributed by atoms with Gasteiger partial charge >= 0.3 is 0 Å². The van der Waals surface area contributed by atoms with Crippen LogP contribution in [0.2, 0.25) is 0 Å². The lowest BCUT2D eigenvalue weighted by Gasteiger charge is -2.07. The molecule has 0 saturated carbocycles. The van der Waals surface area contributed by atoms with Crippen LogP contribution < -0.4 is 4.74 Å². The van der Waals surface area contributed by atoms with Crippen LogP contribution in [-0.4, -0.2) is 28.2 Å². The minimum Gasteiger partial charge on any atom is -0.507 e. The molecule has 5 rings (SSSR count). The van der Waals surface area contributed by atoms with Gasteiger partial charge in [0.25, 0.3) is 0 Å². The van der Waals surface area contributed by atoms with E-state index in [0.29, 0.717) is 28.7 Å². The molecule has 5 aromatic rings. The van der Waals surface area contributed by atoms with Gasteiger partial charge in [0.1, 0.15) is 11.5 Å². The van der Waals surface area contributed by atoms with Crippen molar-refractivity contribution < 1.29 is 19.1 Å². The number of ketones is 1. The van der Waals surface area contributed by atoms with Crippen LogP contribution in [-0.2, 0) is 0 Å². The molecule has 0 bridgehead atoms. The van der Waals surface area contributed by atoms with Crippen molar-refractivity contribution in [3.63, 3.8) is 0 Å². The number of ether oxygens (including phenoxy) is 1. The summed E-state index contributed by atoms with van der Waals surface area (Å²) >= 11 is 0. The molecule has 1 aromatic heterocycles. The Hall–Kier alpha value is -4.71. The van der Waals surface area contributed by atoms with Crippen molar-refractivity contribution in [1.29, 1.82) is 0 Å². The first-order valence-electron chi connectivity index (χ1n) is 10.6. The van der Waals surface area contributed by atoms with Crippen molar-refractivity contribution in [2.75, 3.05) is 7.11 Å². The second-order valence-electron chi connectivity index (χ2n) is 7.65. The van der Waals surface area contributed by atoms with Crippen LogP contribution in [0.5, 0.6) is 11.5 Å². The van der Waals surface area contributed by atoms with Gasteiger partial charge in [-0.3, -0.25) is 4.79 Å². The molecule has 0 aliphatic heterocycles. The maximum atomic E-state index is 13.0. The third kappa shape index (κ3) is 4.17. The molecule has 34 heavy (non-hydrogen) atoms. The monoisotopic (exact) mass is 448 g/mol. The summed E-state index contributed by atoms with van der Waals surface area (Å²) in [6.45, 7) is 0. The molecule has 6 nitrogen and oxygen atoms in total. The minimum atomic E-state index is -0.321. The fourth-order valence-corrected chi connectivity index (χ4v) is 3.67. The van der Waals surface area contributed by atoms with E-state index in [2.05, 4.69) is 22.3 Å². The van der Waals surface area contributed by atoms with Crippen molar-refractivity contribution in [3.05, 3.63) is 108 Å². The second-order valence-corrected chi connectivity index (χ2v) is 7.65. The number of carbonyl (C=O) groups is 1. The summed E-state index contributed by atoms with van der Waals surface area (Å²) in [5.74, 6) is 0.694. The number of phenolic OH excluding ortho intramolecular Hbond substituents is 1. The first kappa shape index (κ1) is 21.2.